The summed E-state index contributed by atoms with van der Waals surface area (Å²) in [5.41, 5.74) is 5.39. The molecule has 1 aromatic carbocycles. The van der Waals surface area contributed by atoms with Crippen LogP contribution in [0.4, 0.5) is 0 Å². The van der Waals surface area contributed by atoms with E-state index in [1.165, 1.54) is 0 Å². The molecule has 5 heteroatoms. The van der Waals surface area contributed by atoms with E-state index in [1.807, 2.05) is 37.7 Å². The Labute approximate surface area is 110 Å². The van der Waals surface area contributed by atoms with E-state index in [-0.39, 0.29) is 0 Å². The van der Waals surface area contributed by atoms with Crippen LogP contribution in [0.3, 0.4) is 0 Å². The van der Waals surface area contributed by atoms with Crippen molar-refractivity contribution in [1.82, 2.24) is 19.7 Å². The molecular formula is C14H13N5. The number of hydrogen-bond acceptors (Lipinski definition) is 3. The van der Waals surface area contributed by atoms with Gasteiger partial charge < -0.3 is 4.98 Å². The van der Waals surface area contributed by atoms with E-state index in [0.717, 1.165) is 33.8 Å². The first-order valence-electron chi connectivity index (χ1n) is 6.00. The summed E-state index contributed by atoms with van der Waals surface area (Å²) in [4.78, 5) is 7.84. The zero-order valence-electron chi connectivity index (χ0n) is 11.0. The van der Waals surface area contributed by atoms with Gasteiger partial charge in [-0.15, -0.1) is 0 Å². The maximum atomic E-state index is 8.91. The number of rotatable bonds is 1. The van der Waals surface area contributed by atoms with E-state index in [9.17, 15) is 0 Å². The molecule has 1 N–H and O–H groups in total. The van der Waals surface area contributed by atoms with Gasteiger partial charge in [0.15, 0.2) is 0 Å². The fourth-order valence-electron chi connectivity index (χ4n) is 2.31. The quantitative estimate of drug-likeness (QED) is 0.722. The van der Waals surface area contributed by atoms with Crippen molar-refractivity contribution in [2.75, 3.05) is 0 Å². The van der Waals surface area contributed by atoms with Gasteiger partial charge >= 0.3 is 0 Å². The van der Waals surface area contributed by atoms with Crippen molar-refractivity contribution in [3.8, 4) is 17.5 Å². The summed E-state index contributed by atoms with van der Waals surface area (Å²) in [5, 5.41) is 13.3. The molecule has 3 rings (SSSR count). The summed E-state index contributed by atoms with van der Waals surface area (Å²) >= 11 is 0. The molecule has 0 fully saturated rings. The summed E-state index contributed by atoms with van der Waals surface area (Å²) in [7, 11) is 1.92. The Balaban J connectivity index is 2.24. The van der Waals surface area contributed by atoms with E-state index in [1.54, 1.807) is 6.07 Å². The number of imidazole rings is 1. The summed E-state index contributed by atoms with van der Waals surface area (Å²) < 4.78 is 1.85. The Kier molecular flexibility index (Phi) is 2.39. The molecule has 0 saturated carbocycles. The number of aryl methyl sites for hydroxylation is 2. The van der Waals surface area contributed by atoms with Crippen molar-refractivity contribution >= 4 is 11.0 Å². The fraction of sp³-hybridized carbons (Fsp3) is 0.214. The van der Waals surface area contributed by atoms with Gasteiger partial charge in [0.25, 0.3) is 0 Å². The first-order chi connectivity index (χ1) is 9.10. The Hall–Kier alpha value is -2.61. The van der Waals surface area contributed by atoms with E-state index < -0.39 is 0 Å². The lowest BCUT2D eigenvalue weighted by atomic mass is 10.2. The van der Waals surface area contributed by atoms with E-state index in [0.29, 0.717) is 5.56 Å². The van der Waals surface area contributed by atoms with Crippen LogP contribution in [-0.2, 0) is 7.05 Å². The lowest BCUT2D eigenvalue weighted by molar-refractivity contribution is 0.731. The molecule has 0 amide bonds. The van der Waals surface area contributed by atoms with Gasteiger partial charge in [0.05, 0.1) is 33.9 Å². The van der Waals surface area contributed by atoms with Crippen molar-refractivity contribution in [3.05, 3.63) is 35.2 Å². The highest BCUT2D eigenvalue weighted by Gasteiger charge is 2.15. The average Bonchev–Trinajstić information content (AvgIpc) is 2.90. The van der Waals surface area contributed by atoms with Crippen LogP contribution in [0.5, 0.6) is 0 Å². The smallest absolute Gasteiger partial charge is 0.142 e. The SMILES string of the molecule is Cc1nn(C)c(C)c1-c1nc2ccc(C#N)cc2[nH]1. The molecule has 0 unspecified atom stereocenters. The van der Waals surface area contributed by atoms with Crippen molar-refractivity contribution in [3.63, 3.8) is 0 Å². The first kappa shape index (κ1) is 11.5. The zero-order chi connectivity index (χ0) is 13.6. The van der Waals surface area contributed by atoms with E-state index in [2.05, 4.69) is 21.1 Å². The third kappa shape index (κ3) is 1.69. The molecule has 0 bridgehead atoms. The van der Waals surface area contributed by atoms with Crippen molar-refractivity contribution < 1.29 is 0 Å². The Morgan fingerprint density at radius 1 is 1.32 bits per heavy atom. The zero-order valence-corrected chi connectivity index (χ0v) is 11.0. The summed E-state index contributed by atoms with van der Waals surface area (Å²) in [6.07, 6.45) is 0. The number of nitrogens with zero attached hydrogens (tertiary/aromatic N) is 4. The minimum absolute atomic E-state index is 0.627. The second kappa shape index (κ2) is 3.95. The Morgan fingerprint density at radius 2 is 2.11 bits per heavy atom. The maximum Gasteiger partial charge on any atom is 0.142 e. The van der Waals surface area contributed by atoms with Gasteiger partial charge in [-0.1, -0.05) is 0 Å². The monoisotopic (exact) mass is 251 g/mol. The van der Waals surface area contributed by atoms with Crippen LogP contribution in [-0.4, -0.2) is 19.7 Å². The molecule has 3 aromatic rings. The summed E-state index contributed by atoms with van der Waals surface area (Å²) in [6, 6.07) is 7.57. The van der Waals surface area contributed by atoms with Crippen molar-refractivity contribution in [2.24, 2.45) is 7.05 Å². The minimum Gasteiger partial charge on any atom is -0.338 e. The molecule has 0 aliphatic rings. The molecule has 0 saturated heterocycles. The number of aromatic amines is 1. The number of fused-ring (bicyclic) bond motifs is 1. The third-order valence-corrected chi connectivity index (χ3v) is 3.36. The molecule has 0 atom stereocenters. The third-order valence-electron chi connectivity index (χ3n) is 3.36. The molecule has 0 aliphatic carbocycles. The second-order valence-corrected chi connectivity index (χ2v) is 4.60. The van der Waals surface area contributed by atoms with Gasteiger partial charge in [0.1, 0.15) is 5.82 Å². The summed E-state index contributed by atoms with van der Waals surface area (Å²) in [5.74, 6) is 0.799. The molecule has 2 aromatic heterocycles. The highest BCUT2D eigenvalue weighted by molar-refractivity contribution is 5.81. The van der Waals surface area contributed by atoms with Crippen LogP contribution in [0.2, 0.25) is 0 Å². The van der Waals surface area contributed by atoms with Crippen LogP contribution < -0.4 is 0 Å². The molecular weight excluding hydrogens is 238 g/mol. The lowest BCUT2D eigenvalue weighted by Crippen LogP contribution is -1.92. The van der Waals surface area contributed by atoms with Gasteiger partial charge in [-0.05, 0) is 32.0 Å². The number of nitriles is 1. The molecule has 5 nitrogen and oxygen atoms in total. The lowest BCUT2D eigenvalue weighted by Gasteiger charge is -1.96. The van der Waals surface area contributed by atoms with E-state index in [4.69, 9.17) is 5.26 Å². The van der Waals surface area contributed by atoms with Gasteiger partial charge in [-0.2, -0.15) is 10.4 Å². The molecule has 0 radical (unpaired) electrons. The first-order valence-corrected chi connectivity index (χ1v) is 6.00. The number of H-pyrrole nitrogens is 1. The van der Waals surface area contributed by atoms with Gasteiger partial charge in [0.2, 0.25) is 0 Å². The molecule has 0 aliphatic heterocycles. The van der Waals surface area contributed by atoms with Crippen LogP contribution >= 0.6 is 0 Å². The maximum absolute atomic E-state index is 8.91. The fourth-order valence-corrected chi connectivity index (χ4v) is 2.31. The van der Waals surface area contributed by atoms with E-state index >= 15 is 0 Å². The molecule has 19 heavy (non-hydrogen) atoms. The van der Waals surface area contributed by atoms with Crippen LogP contribution in [0.1, 0.15) is 17.0 Å². The van der Waals surface area contributed by atoms with Crippen LogP contribution in [0, 0.1) is 25.2 Å². The number of benzene rings is 1. The molecule has 94 valence electrons. The highest BCUT2D eigenvalue weighted by Crippen LogP contribution is 2.26. The Morgan fingerprint density at radius 3 is 2.74 bits per heavy atom. The number of nitrogens with one attached hydrogen (secondary N) is 1. The van der Waals surface area contributed by atoms with Crippen LogP contribution in [0.15, 0.2) is 18.2 Å². The Bertz CT molecular complexity index is 816. The second-order valence-electron chi connectivity index (χ2n) is 4.60. The average molecular weight is 251 g/mol. The van der Waals surface area contributed by atoms with Gasteiger partial charge in [-0.3, -0.25) is 4.68 Å². The highest BCUT2D eigenvalue weighted by atomic mass is 15.3. The minimum atomic E-state index is 0.627. The molecule has 2 heterocycles. The predicted molar refractivity (Wildman–Crippen MR) is 72.5 cm³/mol. The van der Waals surface area contributed by atoms with Gasteiger partial charge in [-0.25, -0.2) is 4.98 Å². The topological polar surface area (TPSA) is 70.3 Å². The summed E-state index contributed by atoms with van der Waals surface area (Å²) in [6.45, 7) is 3.99. The number of aromatic nitrogens is 4. The largest absolute Gasteiger partial charge is 0.338 e. The molecule has 0 spiro atoms. The van der Waals surface area contributed by atoms with Gasteiger partial charge in [0, 0.05) is 12.7 Å². The van der Waals surface area contributed by atoms with Crippen molar-refractivity contribution in [1.29, 1.82) is 5.26 Å². The van der Waals surface area contributed by atoms with Crippen molar-refractivity contribution in [2.45, 2.75) is 13.8 Å². The number of hydrogen-bond donors (Lipinski definition) is 1. The predicted octanol–water partition coefficient (Wildman–Crippen LogP) is 2.45. The van der Waals surface area contributed by atoms with Crippen LogP contribution in [0.25, 0.3) is 22.4 Å². The normalized spacial score (nSPS) is 10.8. The standard InChI is InChI=1S/C14H13N5/c1-8-13(9(2)19(3)18-8)14-16-11-5-4-10(7-15)6-12(11)17-14/h4-6H,1-3H3,(H,16,17).